The third-order valence-electron chi connectivity index (χ3n) is 2.11. The Bertz CT molecular complexity index is 428. The first-order valence-electron chi connectivity index (χ1n) is 4.67. The number of hydrogen-bond donors (Lipinski definition) is 1. The van der Waals surface area contributed by atoms with E-state index in [0.717, 1.165) is 11.4 Å². The zero-order valence-corrected chi connectivity index (χ0v) is 9.03. The summed E-state index contributed by atoms with van der Waals surface area (Å²) in [6, 6.07) is 5.60. The summed E-state index contributed by atoms with van der Waals surface area (Å²) in [4.78, 5) is 4.00. The molecule has 0 spiro atoms. The van der Waals surface area contributed by atoms with Crippen molar-refractivity contribution in [1.29, 1.82) is 0 Å². The maximum Gasteiger partial charge on any atom is 0.125 e. The highest BCUT2D eigenvalue weighted by molar-refractivity contribution is 6.33. The molecule has 2 heterocycles. The smallest absolute Gasteiger partial charge is 0.125 e. The van der Waals surface area contributed by atoms with Crippen molar-refractivity contribution in [3.05, 3.63) is 47.6 Å². The van der Waals surface area contributed by atoms with Crippen molar-refractivity contribution in [2.45, 2.75) is 13.0 Å². The van der Waals surface area contributed by atoms with E-state index in [-0.39, 0.29) is 6.04 Å². The van der Waals surface area contributed by atoms with Gasteiger partial charge in [0.05, 0.1) is 29.2 Å². The molecule has 15 heavy (non-hydrogen) atoms. The van der Waals surface area contributed by atoms with Gasteiger partial charge in [-0.1, -0.05) is 11.6 Å². The van der Waals surface area contributed by atoms with Gasteiger partial charge in [0.1, 0.15) is 5.76 Å². The highest BCUT2D eigenvalue weighted by atomic mass is 35.5. The molecular formula is C11H11ClN2O. The number of aromatic nitrogens is 1. The van der Waals surface area contributed by atoms with Gasteiger partial charge in [-0.2, -0.15) is 0 Å². The van der Waals surface area contributed by atoms with Gasteiger partial charge in [-0.05, 0) is 25.1 Å². The molecule has 2 rings (SSSR count). The zero-order valence-electron chi connectivity index (χ0n) is 8.27. The lowest BCUT2D eigenvalue weighted by molar-refractivity contribution is 0.490. The van der Waals surface area contributed by atoms with Crippen LogP contribution in [0.2, 0.25) is 5.02 Å². The molecule has 0 aromatic carbocycles. The number of halogens is 1. The first kappa shape index (κ1) is 10.1. The van der Waals surface area contributed by atoms with Crippen LogP contribution in [0.25, 0.3) is 0 Å². The average Bonchev–Trinajstić information content (AvgIpc) is 2.74. The second-order valence-corrected chi connectivity index (χ2v) is 3.64. The fraction of sp³-hybridized carbons (Fsp3) is 0.182. The average molecular weight is 223 g/mol. The van der Waals surface area contributed by atoms with Crippen molar-refractivity contribution in [3.8, 4) is 0 Å². The molecule has 0 radical (unpaired) electrons. The summed E-state index contributed by atoms with van der Waals surface area (Å²) in [5, 5.41) is 3.88. The highest BCUT2D eigenvalue weighted by Crippen LogP contribution is 2.24. The molecule has 1 N–H and O–H groups in total. The molecule has 78 valence electrons. The SMILES string of the molecule is CC(Nc1cnccc1Cl)c1ccco1. The van der Waals surface area contributed by atoms with Gasteiger partial charge in [-0.3, -0.25) is 4.98 Å². The molecule has 0 fully saturated rings. The Labute approximate surface area is 93.1 Å². The lowest BCUT2D eigenvalue weighted by Crippen LogP contribution is -2.06. The highest BCUT2D eigenvalue weighted by Gasteiger charge is 2.09. The fourth-order valence-electron chi connectivity index (χ4n) is 1.33. The molecule has 2 aromatic rings. The molecule has 4 heteroatoms. The Morgan fingerprint density at radius 1 is 1.47 bits per heavy atom. The van der Waals surface area contributed by atoms with Gasteiger partial charge in [-0.25, -0.2) is 0 Å². The van der Waals surface area contributed by atoms with Gasteiger partial charge in [0, 0.05) is 6.20 Å². The van der Waals surface area contributed by atoms with Crippen LogP contribution in [0.4, 0.5) is 5.69 Å². The summed E-state index contributed by atoms with van der Waals surface area (Å²) in [6.45, 7) is 2.00. The van der Waals surface area contributed by atoms with Gasteiger partial charge < -0.3 is 9.73 Å². The van der Waals surface area contributed by atoms with Crippen molar-refractivity contribution in [1.82, 2.24) is 4.98 Å². The van der Waals surface area contributed by atoms with Crippen LogP contribution < -0.4 is 5.32 Å². The number of nitrogens with zero attached hydrogens (tertiary/aromatic N) is 1. The van der Waals surface area contributed by atoms with Crippen molar-refractivity contribution in [2.24, 2.45) is 0 Å². The summed E-state index contributed by atoms with van der Waals surface area (Å²) < 4.78 is 5.28. The van der Waals surface area contributed by atoms with Gasteiger partial charge >= 0.3 is 0 Å². The topological polar surface area (TPSA) is 38.1 Å². The molecule has 0 aliphatic rings. The molecule has 0 saturated heterocycles. The minimum absolute atomic E-state index is 0.0710. The molecular weight excluding hydrogens is 212 g/mol. The van der Waals surface area contributed by atoms with Crippen molar-refractivity contribution < 1.29 is 4.42 Å². The largest absolute Gasteiger partial charge is 0.467 e. The van der Waals surface area contributed by atoms with Gasteiger partial charge in [0.2, 0.25) is 0 Å². The van der Waals surface area contributed by atoms with Crippen LogP contribution in [0.15, 0.2) is 41.3 Å². The number of rotatable bonds is 3. The molecule has 0 aliphatic carbocycles. The predicted molar refractivity (Wildman–Crippen MR) is 60.0 cm³/mol. The minimum atomic E-state index is 0.0710. The summed E-state index contributed by atoms with van der Waals surface area (Å²) in [6.07, 6.45) is 5.01. The van der Waals surface area contributed by atoms with E-state index in [1.54, 1.807) is 24.7 Å². The molecule has 0 aliphatic heterocycles. The van der Waals surface area contributed by atoms with Crippen LogP contribution in [0, 0.1) is 0 Å². The fourth-order valence-corrected chi connectivity index (χ4v) is 1.49. The van der Waals surface area contributed by atoms with Crippen molar-refractivity contribution >= 4 is 17.3 Å². The molecule has 0 amide bonds. The number of hydrogen-bond acceptors (Lipinski definition) is 3. The van der Waals surface area contributed by atoms with E-state index in [2.05, 4.69) is 10.3 Å². The first-order valence-corrected chi connectivity index (χ1v) is 5.04. The molecule has 1 atom stereocenters. The normalized spacial score (nSPS) is 12.4. The maximum atomic E-state index is 6.00. The number of nitrogens with one attached hydrogen (secondary N) is 1. The Morgan fingerprint density at radius 2 is 2.33 bits per heavy atom. The Hall–Kier alpha value is -1.48. The van der Waals surface area contributed by atoms with Crippen LogP contribution in [0.3, 0.4) is 0 Å². The van der Waals surface area contributed by atoms with Gasteiger partial charge in [0.25, 0.3) is 0 Å². The lowest BCUT2D eigenvalue weighted by Gasteiger charge is -2.13. The lowest BCUT2D eigenvalue weighted by atomic mass is 10.2. The summed E-state index contributed by atoms with van der Waals surface area (Å²) in [5.41, 5.74) is 0.808. The van der Waals surface area contributed by atoms with Crippen LogP contribution >= 0.6 is 11.6 Å². The molecule has 3 nitrogen and oxygen atoms in total. The van der Waals surface area contributed by atoms with Crippen LogP contribution in [-0.4, -0.2) is 4.98 Å². The molecule has 2 aromatic heterocycles. The van der Waals surface area contributed by atoms with E-state index in [9.17, 15) is 0 Å². The van der Waals surface area contributed by atoms with E-state index in [1.165, 1.54) is 0 Å². The summed E-state index contributed by atoms with van der Waals surface area (Å²) in [7, 11) is 0. The van der Waals surface area contributed by atoms with Crippen LogP contribution in [0.1, 0.15) is 18.7 Å². The first-order chi connectivity index (χ1) is 7.27. The van der Waals surface area contributed by atoms with E-state index < -0.39 is 0 Å². The Balaban J connectivity index is 2.13. The number of pyridine rings is 1. The zero-order chi connectivity index (χ0) is 10.7. The monoisotopic (exact) mass is 222 g/mol. The van der Waals surface area contributed by atoms with E-state index in [4.69, 9.17) is 16.0 Å². The number of furan rings is 1. The third kappa shape index (κ3) is 2.30. The van der Waals surface area contributed by atoms with Crippen molar-refractivity contribution in [2.75, 3.05) is 5.32 Å². The Morgan fingerprint density at radius 3 is 3.00 bits per heavy atom. The number of anilines is 1. The second kappa shape index (κ2) is 4.36. The van der Waals surface area contributed by atoms with E-state index in [0.29, 0.717) is 5.02 Å². The molecule has 0 saturated carbocycles. The quantitative estimate of drug-likeness (QED) is 0.864. The molecule has 0 bridgehead atoms. The maximum absolute atomic E-state index is 6.00. The van der Waals surface area contributed by atoms with Crippen LogP contribution in [0.5, 0.6) is 0 Å². The van der Waals surface area contributed by atoms with Crippen molar-refractivity contribution in [3.63, 3.8) is 0 Å². The van der Waals surface area contributed by atoms with E-state index >= 15 is 0 Å². The van der Waals surface area contributed by atoms with Crippen LogP contribution in [-0.2, 0) is 0 Å². The third-order valence-corrected chi connectivity index (χ3v) is 2.44. The van der Waals surface area contributed by atoms with E-state index in [1.807, 2.05) is 19.1 Å². The predicted octanol–water partition coefficient (Wildman–Crippen LogP) is 3.50. The minimum Gasteiger partial charge on any atom is -0.467 e. The second-order valence-electron chi connectivity index (χ2n) is 3.24. The standard InChI is InChI=1S/C11H11ClN2O/c1-8(11-3-2-6-15-11)14-10-7-13-5-4-9(10)12/h2-8,14H,1H3. The van der Waals surface area contributed by atoms with Gasteiger partial charge in [-0.15, -0.1) is 0 Å². The summed E-state index contributed by atoms with van der Waals surface area (Å²) >= 11 is 6.00. The van der Waals surface area contributed by atoms with Gasteiger partial charge in [0.15, 0.2) is 0 Å². The Kier molecular flexibility index (Phi) is 2.92. The summed E-state index contributed by atoms with van der Waals surface area (Å²) in [5.74, 6) is 0.870. The molecule has 1 unspecified atom stereocenters.